The van der Waals surface area contributed by atoms with E-state index < -0.39 is 18.0 Å². The Morgan fingerprint density at radius 2 is 1.68 bits per heavy atom. The zero-order chi connectivity index (χ0) is 22.1. The Bertz CT molecular complexity index is 962. The highest BCUT2D eigenvalue weighted by molar-refractivity contribution is 5.76. The number of carbonyl (C=O) groups excluding carboxylic acids is 1. The molecular formula is C22H24O9. The number of methoxy groups -OCH3 is 3. The number of phenols is 1. The number of fused-ring (bicyclic) bond motifs is 1. The minimum absolute atomic E-state index is 0.117. The van der Waals surface area contributed by atoms with Crippen LogP contribution in [0.2, 0.25) is 0 Å². The molecule has 0 spiro atoms. The number of aromatic hydroxyl groups is 1. The van der Waals surface area contributed by atoms with Crippen molar-refractivity contribution < 1.29 is 43.4 Å². The number of hydrogen-bond acceptors (Lipinski definition) is 9. The van der Waals surface area contributed by atoms with Gasteiger partial charge in [0.2, 0.25) is 18.3 Å². The first kappa shape index (κ1) is 20.9. The van der Waals surface area contributed by atoms with E-state index in [9.17, 15) is 15.0 Å². The van der Waals surface area contributed by atoms with E-state index >= 15 is 0 Å². The average Bonchev–Trinajstić information content (AvgIpc) is 3.39. The van der Waals surface area contributed by atoms with Gasteiger partial charge in [-0.2, -0.15) is 0 Å². The molecule has 4 rings (SSSR count). The maximum atomic E-state index is 12.5. The summed E-state index contributed by atoms with van der Waals surface area (Å²) in [5.41, 5.74) is 1.24. The quantitative estimate of drug-likeness (QED) is 0.636. The lowest BCUT2D eigenvalue weighted by Crippen LogP contribution is -2.25. The molecule has 0 aromatic heterocycles. The van der Waals surface area contributed by atoms with Gasteiger partial charge < -0.3 is 38.6 Å². The van der Waals surface area contributed by atoms with Crippen LogP contribution in [-0.2, 0) is 16.0 Å². The average molecular weight is 432 g/mol. The van der Waals surface area contributed by atoms with Gasteiger partial charge in [0.15, 0.2) is 23.0 Å². The Balaban J connectivity index is 1.62. The van der Waals surface area contributed by atoms with Crippen LogP contribution in [0, 0.1) is 11.8 Å². The lowest BCUT2D eigenvalue weighted by atomic mass is 9.82. The van der Waals surface area contributed by atoms with Crippen LogP contribution in [0.25, 0.3) is 0 Å². The van der Waals surface area contributed by atoms with Gasteiger partial charge in [-0.15, -0.1) is 0 Å². The molecule has 9 heteroatoms. The summed E-state index contributed by atoms with van der Waals surface area (Å²) in [6.07, 6.45) is -0.730. The second-order valence-electron chi connectivity index (χ2n) is 7.37. The molecule has 166 valence electrons. The van der Waals surface area contributed by atoms with Gasteiger partial charge >= 0.3 is 5.97 Å². The van der Waals surface area contributed by atoms with Crippen molar-refractivity contribution in [3.8, 4) is 34.5 Å². The van der Waals surface area contributed by atoms with E-state index in [1.54, 1.807) is 7.11 Å². The summed E-state index contributed by atoms with van der Waals surface area (Å²) in [6.45, 7) is 0.287. The molecule has 2 aromatic rings. The van der Waals surface area contributed by atoms with Crippen LogP contribution in [0.1, 0.15) is 17.2 Å². The van der Waals surface area contributed by atoms with E-state index in [1.165, 1.54) is 26.4 Å². The van der Waals surface area contributed by atoms with E-state index in [0.29, 0.717) is 29.2 Å². The Hall–Kier alpha value is -3.33. The second kappa shape index (κ2) is 8.43. The van der Waals surface area contributed by atoms with Crippen molar-refractivity contribution in [1.29, 1.82) is 0 Å². The maximum Gasteiger partial charge on any atom is 0.312 e. The number of ether oxygens (including phenoxy) is 6. The second-order valence-corrected chi connectivity index (χ2v) is 7.37. The van der Waals surface area contributed by atoms with Crippen molar-refractivity contribution in [2.45, 2.75) is 12.5 Å². The number of hydrogen-bond donors (Lipinski definition) is 2. The molecular weight excluding hydrogens is 408 g/mol. The van der Waals surface area contributed by atoms with Crippen molar-refractivity contribution >= 4 is 5.97 Å². The molecule has 1 fully saturated rings. The summed E-state index contributed by atoms with van der Waals surface area (Å²) in [7, 11) is 4.33. The smallest absolute Gasteiger partial charge is 0.312 e. The molecule has 3 atom stereocenters. The number of aliphatic hydroxyl groups is 1. The monoisotopic (exact) mass is 432 g/mol. The van der Waals surface area contributed by atoms with Crippen molar-refractivity contribution in [2.24, 2.45) is 11.8 Å². The van der Waals surface area contributed by atoms with Crippen LogP contribution in [-0.4, -0.2) is 50.9 Å². The molecule has 2 aliphatic heterocycles. The molecule has 2 aromatic carbocycles. The van der Waals surface area contributed by atoms with E-state index in [2.05, 4.69) is 0 Å². The van der Waals surface area contributed by atoms with Crippen LogP contribution < -0.4 is 23.7 Å². The fraction of sp³-hybridized carbons (Fsp3) is 0.409. The number of benzene rings is 2. The van der Waals surface area contributed by atoms with Gasteiger partial charge in [0, 0.05) is 5.92 Å². The fourth-order valence-electron chi connectivity index (χ4n) is 4.05. The molecule has 2 N–H and O–H groups in total. The summed E-state index contributed by atoms with van der Waals surface area (Å²) in [6, 6.07) is 6.62. The first-order valence-corrected chi connectivity index (χ1v) is 9.72. The molecule has 2 heterocycles. The number of cyclic esters (lactones) is 1. The number of carbonyl (C=O) groups is 1. The Morgan fingerprint density at radius 1 is 1.00 bits per heavy atom. The summed E-state index contributed by atoms with van der Waals surface area (Å²) < 4.78 is 31.9. The highest BCUT2D eigenvalue weighted by Crippen LogP contribution is 2.45. The zero-order valence-corrected chi connectivity index (χ0v) is 17.4. The van der Waals surface area contributed by atoms with Gasteiger partial charge in [0.05, 0.1) is 40.0 Å². The van der Waals surface area contributed by atoms with Crippen LogP contribution in [0.3, 0.4) is 0 Å². The minimum Gasteiger partial charge on any atom is -0.502 e. The predicted octanol–water partition coefficient (Wildman–Crippen LogP) is 2.21. The van der Waals surface area contributed by atoms with Crippen molar-refractivity contribution in [1.82, 2.24) is 0 Å². The Kier molecular flexibility index (Phi) is 5.69. The molecule has 0 radical (unpaired) electrons. The van der Waals surface area contributed by atoms with Crippen LogP contribution >= 0.6 is 0 Å². The third-order valence-electron chi connectivity index (χ3n) is 5.62. The van der Waals surface area contributed by atoms with E-state index in [4.69, 9.17) is 28.4 Å². The lowest BCUT2D eigenvalue weighted by molar-refractivity contribution is -0.144. The molecule has 2 aliphatic rings. The largest absolute Gasteiger partial charge is 0.502 e. The molecule has 9 nitrogen and oxygen atoms in total. The van der Waals surface area contributed by atoms with Gasteiger partial charge in [0.25, 0.3) is 0 Å². The van der Waals surface area contributed by atoms with Gasteiger partial charge in [-0.1, -0.05) is 0 Å². The number of phenolic OH excluding ortho intramolecular Hbond substituents is 1. The molecule has 1 saturated heterocycles. The number of aliphatic hydroxyl groups excluding tert-OH is 1. The predicted molar refractivity (Wildman–Crippen MR) is 107 cm³/mol. The fourth-order valence-corrected chi connectivity index (χ4v) is 4.05. The first-order chi connectivity index (χ1) is 15.0. The van der Waals surface area contributed by atoms with E-state index in [0.717, 1.165) is 5.56 Å². The zero-order valence-electron chi connectivity index (χ0n) is 17.4. The maximum absolute atomic E-state index is 12.5. The number of esters is 1. The van der Waals surface area contributed by atoms with Crippen molar-refractivity contribution in [3.05, 3.63) is 35.4 Å². The molecule has 31 heavy (non-hydrogen) atoms. The van der Waals surface area contributed by atoms with Crippen molar-refractivity contribution in [3.63, 3.8) is 0 Å². The minimum atomic E-state index is -1.18. The Labute approximate surface area is 179 Å². The van der Waals surface area contributed by atoms with Gasteiger partial charge in [0.1, 0.15) is 0 Å². The number of rotatable bonds is 7. The molecule has 0 bridgehead atoms. The van der Waals surface area contributed by atoms with Gasteiger partial charge in [-0.25, -0.2) is 0 Å². The normalized spacial score (nSPS) is 20.3. The molecule has 0 saturated carbocycles. The lowest BCUT2D eigenvalue weighted by Gasteiger charge is -2.23. The third-order valence-corrected chi connectivity index (χ3v) is 5.62. The molecule has 0 aliphatic carbocycles. The molecule has 0 unspecified atom stereocenters. The Morgan fingerprint density at radius 3 is 2.32 bits per heavy atom. The molecule has 0 amide bonds. The SMILES string of the molecule is COc1cc([C@@H](O)[C@H]2C(=O)OC[C@@H]2Cc2cc(OC)c3c(c2)OCO3)cc(OC)c1O. The topological polar surface area (TPSA) is 113 Å². The van der Waals surface area contributed by atoms with Gasteiger partial charge in [-0.3, -0.25) is 4.79 Å². The standard InChI is InChI=1S/C22H24O9/c1-26-14-7-12(8-15(27-2)20(14)24)19(23)18-13(9-29-22(18)25)4-11-5-16(28-3)21-17(6-11)30-10-31-21/h5-8,13,18-19,23-24H,4,9-10H2,1-3H3/t13-,18-,19+/m0/s1. The summed E-state index contributed by atoms with van der Waals surface area (Å²) in [4.78, 5) is 12.5. The van der Waals surface area contributed by atoms with E-state index in [1.807, 2.05) is 12.1 Å². The summed E-state index contributed by atoms with van der Waals surface area (Å²) in [5, 5.41) is 21.2. The first-order valence-electron chi connectivity index (χ1n) is 9.72. The highest BCUT2D eigenvalue weighted by Gasteiger charge is 2.43. The highest BCUT2D eigenvalue weighted by atomic mass is 16.7. The van der Waals surface area contributed by atoms with Crippen LogP contribution in [0.15, 0.2) is 24.3 Å². The van der Waals surface area contributed by atoms with Crippen LogP contribution in [0.4, 0.5) is 0 Å². The van der Waals surface area contributed by atoms with E-state index in [-0.39, 0.29) is 36.6 Å². The third kappa shape index (κ3) is 3.76. The van der Waals surface area contributed by atoms with Crippen molar-refractivity contribution in [2.75, 3.05) is 34.7 Å². The van der Waals surface area contributed by atoms with Crippen LogP contribution in [0.5, 0.6) is 34.5 Å². The van der Waals surface area contributed by atoms with Gasteiger partial charge in [-0.05, 0) is 41.8 Å². The summed E-state index contributed by atoms with van der Waals surface area (Å²) in [5.74, 6) is 0.160. The summed E-state index contributed by atoms with van der Waals surface area (Å²) >= 11 is 0.